The van der Waals surface area contributed by atoms with Crippen LogP contribution in [-0.4, -0.2) is 31.1 Å². The maximum atomic E-state index is 13.2. The first-order valence-electron chi connectivity index (χ1n) is 10.4. The van der Waals surface area contributed by atoms with Crippen molar-refractivity contribution in [3.8, 4) is 22.4 Å². The number of fused-ring (bicyclic) bond motifs is 2. The standard InChI is InChI=1S/C24H24FN5O/c1-14(2)30-23-28-20(10-22(31)29(23)13-24(30,3)4)18-12-26-19-7-5-15(9-17(18)19)16-6-8-21(25)27-11-16/h5-12,14,26H,13H2,1-4H3. The zero-order chi connectivity index (χ0) is 21.9. The first kappa shape index (κ1) is 19.5. The van der Waals surface area contributed by atoms with Crippen molar-refractivity contribution in [2.45, 2.75) is 45.8 Å². The normalized spacial score (nSPS) is 15.1. The van der Waals surface area contributed by atoms with Crippen LogP contribution in [-0.2, 0) is 6.54 Å². The van der Waals surface area contributed by atoms with Crippen LogP contribution in [0.25, 0.3) is 33.3 Å². The van der Waals surface area contributed by atoms with Crippen molar-refractivity contribution in [2.24, 2.45) is 0 Å². The Morgan fingerprint density at radius 1 is 1.13 bits per heavy atom. The predicted molar refractivity (Wildman–Crippen MR) is 121 cm³/mol. The average molecular weight is 417 g/mol. The lowest BCUT2D eigenvalue weighted by Gasteiger charge is -2.35. The molecule has 158 valence electrons. The third-order valence-electron chi connectivity index (χ3n) is 5.94. The Hall–Kier alpha value is -3.48. The molecule has 0 unspecified atom stereocenters. The van der Waals surface area contributed by atoms with Crippen LogP contribution < -0.4 is 10.5 Å². The molecule has 0 aliphatic carbocycles. The monoisotopic (exact) mass is 417 g/mol. The van der Waals surface area contributed by atoms with Crippen LogP contribution in [0.15, 0.2) is 53.6 Å². The molecular formula is C24H24FN5O. The molecule has 0 radical (unpaired) electrons. The number of nitrogens with zero attached hydrogens (tertiary/aromatic N) is 4. The number of nitrogens with one attached hydrogen (secondary N) is 1. The molecule has 5 rings (SSSR count). The van der Waals surface area contributed by atoms with Gasteiger partial charge in [0.1, 0.15) is 0 Å². The van der Waals surface area contributed by atoms with Gasteiger partial charge in [0.2, 0.25) is 11.9 Å². The van der Waals surface area contributed by atoms with Gasteiger partial charge in [0.05, 0.1) is 17.8 Å². The fourth-order valence-electron chi connectivity index (χ4n) is 4.69. The van der Waals surface area contributed by atoms with Crippen molar-refractivity contribution < 1.29 is 4.39 Å². The minimum Gasteiger partial charge on any atom is -0.360 e. The number of benzene rings is 1. The number of H-pyrrole nitrogens is 1. The van der Waals surface area contributed by atoms with E-state index < -0.39 is 5.95 Å². The fraction of sp³-hybridized carbons (Fsp3) is 0.292. The third kappa shape index (κ3) is 3.12. The lowest BCUT2D eigenvalue weighted by molar-refractivity contribution is 0.425. The van der Waals surface area contributed by atoms with E-state index in [9.17, 15) is 9.18 Å². The summed E-state index contributed by atoms with van der Waals surface area (Å²) in [5.41, 5.74) is 3.95. The van der Waals surface area contributed by atoms with Gasteiger partial charge in [-0.25, -0.2) is 9.97 Å². The molecule has 0 amide bonds. The maximum absolute atomic E-state index is 13.2. The van der Waals surface area contributed by atoms with Crippen LogP contribution in [0.5, 0.6) is 0 Å². The van der Waals surface area contributed by atoms with E-state index in [-0.39, 0.29) is 17.1 Å². The van der Waals surface area contributed by atoms with Crippen LogP contribution in [0.3, 0.4) is 0 Å². The Morgan fingerprint density at radius 2 is 1.90 bits per heavy atom. The smallest absolute Gasteiger partial charge is 0.255 e. The summed E-state index contributed by atoms with van der Waals surface area (Å²) >= 11 is 0. The van der Waals surface area contributed by atoms with E-state index >= 15 is 0 Å². The number of rotatable bonds is 3. The summed E-state index contributed by atoms with van der Waals surface area (Å²) in [6.07, 6.45) is 3.40. The fourth-order valence-corrected chi connectivity index (χ4v) is 4.69. The van der Waals surface area contributed by atoms with E-state index in [0.29, 0.717) is 18.2 Å². The van der Waals surface area contributed by atoms with E-state index in [1.807, 2.05) is 24.4 Å². The largest absolute Gasteiger partial charge is 0.360 e. The highest BCUT2D eigenvalue weighted by molar-refractivity contribution is 5.97. The van der Waals surface area contributed by atoms with Crippen molar-refractivity contribution in [2.75, 3.05) is 4.90 Å². The van der Waals surface area contributed by atoms with Crippen molar-refractivity contribution in [1.29, 1.82) is 0 Å². The zero-order valence-corrected chi connectivity index (χ0v) is 18.0. The van der Waals surface area contributed by atoms with E-state index in [0.717, 1.165) is 27.6 Å². The number of hydrogen-bond acceptors (Lipinski definition) is 4. The molecule has 0 fully saturated rings. The number of aromatic amines is 1. The highest BCUT2D eigenvalue weighted by Gasteiger charge is 2.39. The highest BCUT2D eigenvalue weighted by Crippen LogP contribution is 2.36. The van der Waals surface area contributed by atoms with Gasteiger partial charge < -0.3 is 9.88 Å². The predicted octanol–water partition coefficient (Wildman–Crippen LogP) is 4.60. The summed E-state index contributed by atoms with van der Waals surface area (Å²) in [6, 6.07) is 10.8. The molecule has 1 aliphatic rings. The van der Waals surface area contributed by atoms with Gasteiger partial charge in [0.25, 0.3) is 5.56 Å². The van der Waals surface area contributed by atoms with Crippen molar-refractivity contribution in [3.05, 3.63) is 65.1 Å². The number of halogens is 1. The third-order valence-corrected chi connectivity index (χ3v) is 5.94. The first-order valence-corrected chi connectivity index (χ1v) is 10.4. The van der Waals surface area contributed by atoms with Crippen LogP contribution in [0.4, 0.5) is 10.3 Å². The van der Waals surface area contributed by atoms with Crippen molar-refractivity contribution >= 4 is 16.9 Å². The van der Waals surface area contributed by atoms with Crippen LogP contribution >= 0.6 is 0 Å². The Bertz CT molecular complexity index is 1350. The quantitative estimate of drug-likeness (QED) is 0.495. The van der Waals surface area contributed by atoms with Gasteiger partial charge in [-0.1, -0.05) is 6.07 Å². The summed E-state index contributed by atoms with van der Waals surface area (Å²) in [5, 5.41) is 0.951. The summed E-state index contributed by atoms with van der Waals surface area (Å²) in [7, 11) is 0. The maximum Gasteiger partial charge on any atom is 0.255 e. The van der Waals surface area contributed by atoms with Crippen LogP contribution in [0.2, 0.25) is 0 Å². The second-order valence-electron chi connectivity index (χ2n) is 8.97. The highest BCUT2D eigenvalue weighted by atomic mass is 19.1. The van der Waals surface area contributed by atoms with Gasteiger partial charge in [-0.05, 0) is 57.5 Å². The molecule has 0 saturated carbocycles. The molecule has 31 heavy (non-hydrogen) atoms. The molecule has 1 N–H and O–H groups in total. The average Bonchev–Trinajstić information content (AvgIpc) is 3.25. The van der Waals surface area contributed by atoms with Gasteiger partial charge in [0.15, 0.2) is 0 Å². The molecule has 7 heteroatoms. The molecule has 0 atom stereocenters. The Kier molecular flexibility index (Phi) is 4.25. The Morgan fingerprint density at radius 3 is 2.61 bits per heavy atom. The van der Waals surface area contributed by atoms with Gasteiger partial charge in [0, 0.05) is 46.5 Å². The van der Waals surface area contributed by atoms with E-state index in [2.05, 4.69) is 42.6 Å². The van der Waals surface area contributed by atoms with E-state index in [1.54, 1.807) is 16.7 Å². The molecule has 0 bridgehead atoms. The summed E-state index contributed by atoms with van der Waals surface area (Å²) in [5.74, 6) is 0.198. The molecule has 3 aromatic heterocycles. The molecule has 4 heterocycles. The number of pyridine rings is 1. The van der Waals surface area contributed by atoms with E-state index in [4.69, 9.17) is 4.98 Å². The summed E-state index contributed by atoms with van der Waals surface area (Å²) in [6.45, 7) is 9.11. The number of hydrogen-bond donors (Lipinski definition) is 1. The van der Waals surface area contributed by atoms with Crippen LogP contribution in [0, 0.1) is 5.95 Å². The van der Waals surface area contributed by atoms with Crippen LogP contribution in [0.1, 0.15) is 27.7 Å². The van der Waals surface area contributed by atoms with Gasteiger partial charge in [-0.15, -0.1) is 0 Å². The number of aromatic nitrogens is 4. The molecule has 4 aromatic rings. The Balaban J connectivity index is 1.66. The first-order chi connectivity index (χ1) is 14.7. The Labute approximate surface area is 179 Å². The van der Waals surface area contributed by atoms with E-state index in [1.165, 1.54) is 12.3 Å². The molecule has 0 spiro atoms. The van der Waals surface area contributed by atoms with Crippen molar-refractivity contribution in [3.63, 3.8) is 0 Å². The molecule has 0 saturated heterocycles. The molecule has 1 aromatic carbocycles. The topological polar surface area (TPSA) is 66.8 Å². The minimum absolute atomic E-state index is 0.0514. The molecule has 1 aliphatic heterocycles. The SMILES string of the molecule is CC(C)N1c2nc(-c3c[nH]c4ccc(-c5ccc(F)nc5)cc34)cc(=O)n2CC1(C)C. The lowest BCUT2D eigenvalue weighted by atomic mass is 10.0. The van der Waals surface area contributed by atoms with Gasteiger partial charge in [-0.2, -0.15) is 4.39 Å². The molecular weight excluding hydrogens is 393 g/mol. The zero-order valence-electron chi connectivity index (χ0n) is 18.0. The second kappa shape index (κ2) is 6.77. The summed E-state index contributed by atoms with van der Waals surface area (Å²) in [4.78, 5) is 27.1. The van der Waals surface area contributed by atoms with Gasteiger partial charge >= 0.3 is 0 Å². The minimum atomic E-state index is -0.507. The number of anilines is 1. The van der Waals surface area contributed by atoms with Gasteiger partial charge in [-0.3, -0.25) is 9.36 Å². The summed E-state index contributed by atoms with van der Waals surface area (Å²) < 4.78 is 15.0. The lowest BCUT2D eigenvalue weighted by Crippen LogP contribution is -2.45. The second-order valence-corrected chi connectivity index (χ2v) is 8.97. The molecule has 6 nitrogen and oxygen atoms in total. The van der Waals surface area contributed by atoms with Crippen molar-refractivity contribution in [1.82, 2.24) is 19.5 Å².